The van der Waals surface area contributed by atoms with Crippen molar-refractivity contribution < 1.29 is 9.90 Å². The number of fused-ring (bicyclic) bond motifs is 1. The third-order valence-corrected chi connectivity index (χ3v) is 4.80. The molecule has 1 atom stereocenters. The Kier molecular flexibility index (Phi) is 5.01. The Labute approximate surface area is 157 Å². The van der Waals surface area contributed by atoms with Crippen LogP contribution in [0.5, 0.6) is 5.75 Å². The van der Waals surface area contributed by atoms with Gasteiger partial charge in [0.05, 0.1) is 5.52 Å². The number of benzene rings is 2. The average Bonchev–Trinajstić information content (AvgIpc) is 2.66. The lowest BCUT2D eigenvalue weighted by Gasteiger charge is -2.16. The first-order valence-corrected chi connectivity index (χ1v) is 8.68. The molecule has 3 rings (SSSR count). The Balaban J connectivity index is 1.93. The summed E-state index contributed by atoms with van der Waals surface area (Å²) in [6, 6.07) is 13.9. The molecule has 2 aromatic carbocycles. The molecule has 0 amide bonds. The predicted molar refractivity (Wildman–Crippen MR) is 107 cm³/mol. The number of Topliss-reactive ketones (excluding diaryl/α,β-unsaturated/α-hetero) is 1. The van der Waals surface area contributed by atoms with Crippen molar-refractivity contribution in [3.05, 3.63) is 70.0 Å². The average molecular weight is 365 g/mol. The van der Waals surface area contributed by atoms with Crippen molar-refractivity contribution in [3.63, 3.8) is 0 Å². The van der Waals surface area contributed by atoms with Gasteiger partial charge in [0.1, 0.15) is 11.3 Å². The molecule has 1 heterocycles. The van der Waals surface area contributed by atoms with Gasteiger partial charge in [0.2, 0.25) is 0 Å². The minimum atomic E-state index is -0.565. The number of rotatable bonds is 5. The standard InChI is InChI=1S/C21H23N3O3/c1-23(2)14-10-8-13(9-11-14)16(22)12-18(25)19-20(26)15-6-4-5-7-17(15)24(3)21(19)27/h4-11,16,26H,12,22H2,1-3H3/t16-/m1/s1. The summed E-state index contributed by atoms with van der Waals surface area (Å²) in [6.07, 6.45) is -0.0670. The molecule has 0 unspecified atom stereocenters. The maximum Gasteiger partial charge on any atom is 0.265 e. The maximum absolute atomic E-state index is 12.8. The first-order valence-electron chi connectivity index (χ1n) is 8.68. The number of anilines is 1. The highest BCUT2D eigenvalue weighted by atomic mass is 16.3. The zero-order valence-electron chi connectivity index (χ0n) is 15.6. The molecule has 0 aliphatic heterocycles. The molecule has 3 aromatic rings. The molecule has 27 heavy (non-hydrogen) atoms. The van der Waals surface area contributed by atoms with Gasteiger partial charge in [-0.15, -0.1) is 0 Å². The molecule has 6 heteroatoms. The highest BCUT2D eigenvalue weighted by Crippen LogP contribution is 2.28. The van der Waals surface area contributed by atoms with E-state index in [2.05, 4.69) is 0 Å². The number of para-hydroxylation sites is 1. The number of hydrogen-bond donors (Lipinski definition) is 2. The van der Waals surface area contributed by atoms with Gasteiger partial charge < -0.3 is 20.3 Å². The Hall–Kier alpha value is -3.12. The van der Waals surface area contributed by atoms with Gasteiger partial charge in [0.25, 0.3) is 5.56 Å². The van der Waals surface area contributed by atoms with E-state index in [1.807, 2.05) is 43.3 Å². The van der Waals surface area contributed by atoms with Crippen LogP contribution in [0.2, 0.25) is 0 Å². The van der Waals surface area contributed by atoms with E-state index in [1.54, 1.807) is 31.3 Å². The third-order valence-electron chi connectivity index (χ3n) is 4.80. The minimum Gasteiger partial charge on any atom is -0.506 e. The highest BCUT2D eigenvalue weighted by molar-refractivity contribution is 6.03. The van der Waals surface area contributed by atoms with E-state index in [9.17, 15) is 14.7 Å². The molecule has 1 aromatic heterocycles. The first kappa shape index (κ1) is 18.7. The Morgan fingerprint density at radius 1 is 1.15 bits per heavy atom. The van der Waals surface area contributed by atoms with Gasteiger partial charge in [-0.25, -0.2) is 0 Å². The molecule has 0 bridgehead atoms. The number of carbonyl (C=O) groups is 1. The smallest absolute Gasteiger partial charge is 0.265 e. The number of hydrogen-bond acceptors (Lipinski definition) is 5. The van der Waals surface area contributed by atoms with Crippen molar-refractivity contribution in [1.82, 2.24) is 4.57 Å². The fourth-order valence-electron chi connectivity index (χ4n) is 3.17. The fourth-order valence-corrected chi connectivity index (χ4v) is 3.17. The lowest BCUT2D eigenvalue weighted by Crippen LogP contribution is -2.27. The second-order valence-electron chi connectivity index (χ2n) is 6.82. The van der Waals surface area contributed by atoms with Crippen molar-refractivity contribution in [1.29, 1.82) is 0 Å². The van der Waals surface area contributed by atoms with Gasteiger partial charge >= 0.3 is 0 Å². The van der Waals surface area contributed by atoms with Gasteiger partial charge in [-0.2, -0.15) is 0 Å². The van der Waals surface area contributed by atoms with Crippen LogP contribution < -0.4 is 16.2 Å². The predicted octanol–water partition coefficient (Wildman–Crippen LogP) is 2.58. The molecule has 140 valence electrons. The normalized spacial score (nSPS) is 12.1. The number of aromatic hydroxyl groups is 1. The van der Waals surface area contributed by atoms with E-state index >= 15 is 0 Å². The summed E-state index contributed by atoms with van der Waals surface area (Å²) in [6.45, 7) is 0. The quantitative estimate of drug-likeness (QED) is 0.679. The van der Waals surface area contributed by atoms with Crippen LogP contribution in [0.1, 0.15) is 28.4 Å². The van der Waals surface area contributed by atoms with E-state index in [4.69, 9.17) is 5.73 Å². The molecule has 0 saturated carbocycles. The summed E-state index contributed by atoms with van der Waals surface area (Å²) >= 11 is 0. The van der Waals surface area contributed by atoms with Crippen LogP contribution in [0.3, 0.4) is 0 Å². The van der Waals surface area contributed by atoms with E-state index in [1.165, 1.54) is 4.57 Å². The Morgan fingerprint density at radius 3 is 2.41 bits per heavy atom. The number of ketones is 1. The molecule has 0 fully saturated rings. The second kappa shape index (κ2) is 7.25. The van der Waals surface area contributed by atoms with Crippen molar-refractivity contribution in [2.45, 2.75) is 12.5 Å². The number of nitrogens with zero attached hydrogens (tertiary/aromatic N) is 2. The Morgan fingerprint density at radius 2 is 1.78 bits per heavy atom. The largest absolute Gasteiger partial charge is 0.506 e. The number of aryl methyl sites for hydroxylation is 1. The van der Waals surface area contributed by atoms with Crippen molar-refractivity contribution >= 4 is 22.4 Å². The molecule has 0 saturated heterocycles. The van der Waals surface area contributed by atoms with Gasteiger partial charge in [0, 0.05) is 44.7 Å². The number of aromatic nitrogens is 1. The molecular weight excluding hydrogens is 342 g/mol. The SMILES string of the molecule is CN(C)c1ccc([C@H](N)CC(=O)c2c(O)c3ccccc3n(C)c2=O)cc1. The Bertz CT molecular complexity index is 1050. The van der Waals surface area contributed by atoms with Gasteiger partial charge in [-0.3, -0.25) is 9.59 Å². The number of pyridine rings is 1. The fraction of sp³-hybridized carbons (Fsp3) is 0.238. The molecule has 3 N–H and O–H groups in total. The van der Waals surface area contributed by atoms with E-state index < -0.39 is 17.4 Å². The summed E-state index contributed by atoms with van der Waals surface area (Å²) in [5.74, 6) is -0.753. The second-order valence-corrected chi connectivity index (χ2v) is 6.82. The number of nitrogens with two attached hydrogens (primary N) is 1. The summed E-state index contributed by atoms with van der Waals surface area (Å²) < 4.78 is 1.37. The molecule has 0 aliphatic rings. The van der Waals surface area contributed by atoms with Crippen LogP contribution in [0.4, 0.5) is 5.69 Å². The van der Waals surface area contributed by atoms with Crippen LogP contribution in [0.15, 0.2) is 53.3 Å². The monoisotopic (exact) mass is 365 g/mol. The zero-order chi connectivity index (χ0) is 19.7. The number of carbonyl (C=O) groups excluding carboxylic acids is 1. The van der Waals surface area contributed by atoms with Crippen molar-refractivity contribution in [2.24, 2.45) is 12.8 Å². The van der Waals surface area contributed by atoms with Crippen molar-refractivity contribution in [3.8, 4) is 5.75 Å². The minimum absolute atomic E-state index is 0.0670. The summed E-state index contributed by atoms with van der Waals surface area (Å²) in [7, 11) is 5.47. The lowest BCUT2D eigenvalue weighted by atomic mass is 9.97. The van der Waals surface area contributed by atoms with Gasteiger partial charge in [-0.05, 0) is 29.8 Å². The van der Waals surface area contributed by atoms with Crippen molar-refractivity contribution in [2.75, 3.05) is 19.0 Å². The summed E-state index contributed by atoms with van der Waals surface area (Å²) in [5, 5.41) is 11.0. The van der Waals surface area contributed by atoms with E-state index in [-0.39, 0.29) is 17.7 Å². The van der Waals surface area contributed by atoms with Crippen LogP contribution in [0, 0.1) is 0 Å². The molecular formula is C21H23N3O3. The van der Waals surface area contributed by atoms with Crippen LogP contribution >= 0.6 is 0 Å². The van der Waals surface area contributed by atoms with E-state index in [0.29, 0.717) is 10.9 Å². The maximum atomic E-state index is 12.8. The zero-order valence-corrected chi connectivity index (χ0v) is 15.6. The lowest BCUT2D eigenvalue weighted by molar-refractivity contribution is 0.0970. The summed E-state index contributed by atoms with van der Waals surface area (Å²) in [5.41, 5.74) is 7.85. The third kappa shape index (κ3) is 3.44. The molecule has 6 nitrogen and oxygen atoms in total. The molecule has 0 radical (unpaired) electrons. The van der Waals surface area contributed by atoms with E-state index in [0.717, 1.165) is 11.3 Å². The topological polar surface area (TPSA) is 88.6 Å². The van der Waals surface area contributed by atoms with Crippen LogP contribution in [-0.4, -0.2) is 29.6 Å². The molecule has 0 aliphatic carbocycles. The molecule has 0 spiro atoms. The first-order chi connectivity index (χ1) is 12.8. The van der Waals surface area contributed by atoms with Crippen LogP contribution in [-0.2, 0) is 7.05 Å². The van der Waals surface area contributed by atoms with Crippen LogP contribution in [0.25, 0.3) is 10.9 Å². The van der Waals surface area contributed by atoms with Gasteiger partial charge in [-0.1, -0.05) is 24.3 Å². The highest BCUT2D eigenvalue weighted by Gasteiger charge is 2.23. The summed E-state index contributed by atoms with van der Waals surface area (Å²) in [4.78, 5) is 27.4. The van der Waals surface area contributed by atoms with Gasteiger partial charge in [0.15, 0.2) is 5.78 Å².